The van der Waals surface area contributed by atoms with Gasteiger partial charge in [0, 0.05) is 12.7 Å². The number of fused-ring (bicyclic) bond motifs is 2. The monoisotopic (exact) mass is 445 g/mol. The minimum atomic E-state index is -4.50. The molecule has 0 unspecified atom stereocenters. The summed E-state index contributed by atoms with van der Waals surface area (Å²) in [5, 5.41) is 4.22. The van der Waals surface area contributed by atoms with Crippen molar-refractivity contribution >= 4 is 40.2 Å². The second-order valence-corrected chi connectivity index (χ2v) is 7.51. The summed E-state index contributed by atoms with van der Waals surface area (Å²) in [6, 6.07) is 6.99. The highest BCUT2D eigenvalue weighted by Crippen LogP contribution is 2.38. The van der Waals surface area contributed by atoms with Crippen molar-refractivity contribution in [3.63, 3.8) is 0 Å². The van der Waals surface area contributed by atoms with Gasteiger partial charge in [0.15, 0.2) is 5.82 Å². The van der Waals surface area contributed by atoms with E-state index in [1.54, 1.807) is 6.20 Å². The van der Waals surface area contributed by atoms with Crippen LogP contribution in [-0.2, 0) is 12.6 Å². The van der Waals surface area contributed by atoms with Crippen molar-refractivity contribution in [3.8, 4) is 5.69 Å². The van der Waals surface area contributed by atoms with Crippen molar-refractivity contribution in [2.24, 2.45) is 0 Å². The van der Waals surface area contributed by atoms with Gasteiger partial charge < -0.3 is 10.6 Å². The zero-order chi connectivity index (χ0) is 21.8. The maximum atomic E-state index is 13.1. The number of hydrogen-bond acceptors (Lipinski definition) is 6. The Labute approximate surface area is 179 Å². The van der Waals surface area contributed by atoms with Crippen LogP contribution in [0.2, 0.25) is 5.02 Å². The number of aryl methyl sites for hydroxylation is 1. The molecule has 0 atom stereocenters. The average molecular weight is 446 g/mol. The van der Waals surface area contributed by atoms with Gasteiger partial charge in [0.2, 0.25) is 5.95 Å². The molecule has 31 heavy (non-hydrogen) atoms. The summed E-state index contributed by atoms with van der Waals surface area (Å²) in [5.74, 6) is 1.28. The first kappa shape index (κ1) is 19.6. The lowest BCUT2D eigenvalue weighted by molar-refractivity contribution is -0.137. The number of aromatic nitrogens is 5. The number of nitrogens with two attached hydrogens (primary N) is 1. The molecule has 0 saturated carbocycles. The van der Waals surface area contributed by atoms with Gasteiger partial charge in [-0.3, -0.25) is 0 Å². The van der Waals surface area contributed by atoms with Crippen LogP contribution in [0.5, 0.6) is 0 Å². The number of hydrogen-bond donors (Lipinski definition) is 1. The lowest BCUT2D eigenvalue weighted by atomic mass is 10.1. The third kappa shape index (κ3) is 3.32. The summed E-state index contributed by atoms with van der Waals surface area (Å²) in [5.41, 5.74) is 7.37. The number of rotatable bonds is 2. The van der Waals surface area contributed by atoms with E-state index in [-0.39, 0.29) is 16.7 Å². The van der Waals surface area contributed by atoms with E-state index < -0.39 is 11.7 Å². The van der Waals surface area contributed by atoms with E-state index in [1.807, 2.05) is 17.0 Å². The first-order valence-electron chi connectivity index (χ1n) is 9.43. The fourth-order valence-corrected chi connectivity index (χ4v) is 4.04. The van der Waals surface area contributed by atoms with E-state index in [9.17, 15) is 13.2 Å². The summed E-state index contributed by atoms with van der Waals surface area (Å²) >= 11 is 6.23. The lowest BCUT2D eigenvalue weighted by Gasteiger charge is -2.29. The van der Waals surface area contributed by atoms with E-state index in [0.29, 0.717) is 23.4 Å². The summed E-state index contributed by atoms with van der Waals surface area (Å²) < 4.78 is 40.6. The molecule has 11 heteroatoms. The van der Waals surface area contributed by atoms with Crippen molar-refractivity contribution < 1.29 is 13.2 Å². The van der Waals surface area contributed by atoms with Crippen molar-refractivity contribution in [1.29, 1.82) is 0 Å². The first-order valence-corrected chi connectivity index (χ1v) is 9.80. The number of benzene rings is 1. The SMILES string of the molecule is Nc1nc(N2CCCc3cccnc32)c2c(cnn2-c2ccc(C(F)(F)F)cc2Cl)n1. The summed E-state index contributed by atoms with van der Waals surface area (Å²) in [6.45, 7) is 0.640. The van der Waals surface area contributed by atoms with Crippen LogP contribution < -0.4 is 10.6 Å². The van der Waals surface area contributed by atoms with Gasteiger partial charge in [0.25, 0.3) is 0 Å². The quantitative estimate of drug-likeness (QED) is 0.487. The highest BCUT2D eigenvalue weighted by atomic mass is 35.5. The number of anilines is 3. The third-order valence-electron chi connectivity index (χ3n) is 5.13. The van der Waals surface area contributed by atoms with Gasteiger partial charge in [-0.2, -0.15) is 23.3 Å². The van der Waals surface area contributed by atoms with Gasteiger partial charge in [-0.1, -0.05) is 17.7 Å². The highest BCUT2D eigenvalue weighted by Gasteiger charge is 2.31. The fraction of sp³-hybridized carbons (Fsp3) is 0.200. The van der Waals surface area contributed by atoms with Gasteiger partial charge >= 0.3 is 6.18 Å². The molecule has 0 saturated heterocycles. The molecular weight excluding hydrogens is 431 g/mol. The van der Waals surface area contributed by atoms with E-state index in [0.717, 1.165) is 36.4 Å². The Morgan fingerprint density at radius 1 is 1.10 bits per heavy atom. The van der Waals surface area contributed by atoms with Crippen LogP contribution in [0.4, 0.5) is 30.8 Å². The predicted octanol–water partition coefficient (Wildman–Crippen LogP) is 4.55. The molecule has 0 spiro atoms. The Balaban J connectivity index is 1.72. The van der Waals surface area contributed by atoms with E-state index in [1.165, 1.54) is 16.9 Å². The summed E-state index contributed by atoms with van der Waals surface area (Å²) in [4.78, 5) is 15.1. The second-order valence-electron chi connectivity index (χ2n) is 7.10. The Bertz CT molecular complexity index is 1300. The molecule has 2 N–H and O–H groups in total. The van der Waals surface area contributed by atoms with Crippen LogP contribution >= 0.6 is 11.6 Å². The molecule has 1 aromatic carbocycles. The van der Waals surface area contributed by atoms with Crippen LogP contribution in [0.1, 0.15) is 17.5 Å². The number of nitrogen functional groups attached to an aromatic ring is 1. The molecule has 7 nitrogen and oxygen atoms in total. The molecule has 158 valence electrons. The Morgan fingerprint density at radius 2 is 1.94 bits per heavy atom. The zero-order valence-corrected chi connectivity index (χ0v) is 16.7. The molecule has 1 aliphatic rings. The van der Waals surface area contributed by atoms with Crippen molar-refractivity contribution in [2.45, 2.75) is 19.0 Å². The van der Waals surface area contributed by atoms with Gasteiger partial charge in [-0.25, -0.2) is 14.6 Å². The fourth-order valence-electron chi connectivity index (χ4n) is 3.77. The van der Waals surface area contributed by atoms with E-state index in [4.69, 9.17) is 17.3 Å². The largest absolute Gasteiger partial charge is 0.416 e. The number of halogens is 4. The third-order valence-corrected chi connectivity index (χ3v) is 5.43. The Morgan fingerprint density at radius 3 is 2.71 bits per heavy atom. The van der Waals surface area contributed by atoms with Gasteiger partial charge in [0.05, 0.1) is 22.5 Å². The number of alkyl halides is 3. The molecule has 0 fully saturated rings. The zero-order valence-electron chi connectivity index (χ0n) is 15.9. The van der Waals surface area contributed by atoms with Crippen LogP contribution in [-0.4, -0.2) is 31.3 Å². The summed E-state index contributed by atoms with van der Waals surface area (Å²) in [7, 11) is 0. The number of nitrogens with zero attached hydrogens (tertiary/aromatic N) is 6. The molecule has 0 radical (unpaired) electrons. The molecule has 0 amide bonds. The molecular formula is C20H15ClF3N7. The minimum Gasteiger partial charge on any atom is -0.368 e. The Hall–Kier alpha value is -3.40. The first-order chi connectivity index (χ1) is 14.8. The molecule has 1 aliphatic heterocycles. The lowest BCUT2D eigenvalue weighted by Crippen LogP contribution is -2.27. The summed E-state index contributed by atoms with van der Waals surface area (Å²) in [6.07, 6.45) is 0.435. The number of pyridine rings is 1. The molecule has 0 bridgehead atoms. The highest BCUT2D eigenvalue weighted by molar-refractivity contribution is 6.32. The Kier molecular flexibility index (Phi) is 4.47. The minimum absolute atomic E-state index is 0.0589. The van der Waals surface area contributed by atoms with Gasteiger partial charge in [-0.15, -0.1) is 0 Å². The van der Waals surface area contributed by atoms with Crippen LogP contribution in [0.15, 0.2) is 42.7 Å². The molecule has 5 rings (SSSR count). The molecule has 4 aromatic rings. The maximum Gasteiger partial charge on any atom is 0.416 e. The van der Waals surface area contributed by atoms with Gasteiger partial charge in [-0.05, 0) is 42.7 Å². The van der Waals surface area contributed by atoms with Crippen LogP contribution in [0.25, 0.3) is 16.7 Å². The topological polar surface area (TPSA) is 85.8 Å². The molecule has 0 aliphatic carbocycles. The van der Waals surface area contributed by atoms with E-state index in [2.05, 4.69) is 20.1 Å². The molecule has 3 aromatic heterocycles. The van der Waals surface area contributed by atoms with Crippen molar-refractivity contribution in [2.75, 3.05) is 17.2 Å². The normalized spacial score (nSPS) is 14.1. The second kappa shape index (κ2) is 7.09. The van der Waals surface area contributed by atoms with Crippen molar-refractivity contribution in [1.82, 2.24) is 24.7 Å². The van der Waals surface area contributed by atoms with E-state index >= 15 is 0 Å². The molecule has 4 heterocycles. The standard InChI is InChI=1S/C20H15ClF3N7/c21-13-9-12(20(22,23)24)5-6-15(13)31-16-14(10-27-31)28-19(25)29-18(16)30-8-2-4-11-3-1-7-26-17(11)30/h1,3,5-7,9-10H,2,4,8H2,(H2,25,28,29). The smallest absolute Gasteiger partial charge is 0.368 e. The maximum absolute atomic E-state index is 13.1. The van der Waals surface area contributed by atoms with Crippen LogP contribution in [0, 0.1) is 0 Å². The van der Waals surface area contributed by atoms with Crippen molar-refractivity contribution in [3.05, 3.63) is 58.9 Å². The van der Waals surface area contributed by atoms with Gasteiger partial charge in [0.1, 0.15) is 16.9 Å². The van der Waals surface area contributed by atoms with Crippen LogP contribution in [0.3, 0.4) is 0 Å². The predicted molar refractivity (Wildman–Crippen MR) is 111 cm³/mol. The average Bonchev–Trinajstić information content (AvgIpc) is 3.15.